The summed E-state index contributed by atoms with van der Waals surface area (Å²) in [4.78, 5) is -5.76. The van der Waals surface area contributed by atoms with Crippen molar-refractivity contribution >= 4 is 0 Å². The van der Waals surface area contributed by atoms with Crippen molar-refractivity contribution in [3.63, 3.8) is 0 Å². The van der Waals surface area contributed by atoms with Gasteiger partial charge in [0, 0.05) is 0 Å². The summed E-state index contributed by atoms with van der Waals surface area (Å²) in [5, 5.41) is 0. The van der Waals surface area contributed by atoms with Gasteiger partial charge in [-0.05, 0) is 0 Å². The Balaban J connectivity index is 8.29. The van der Waals surface area contributed by atoms with Crippen LogP contribution in [-0.2, 0) is 0 Å². The molecule has 34 heavy (non-hydrogen) atoms. The third-order valence-electron chi connectivity index (χ3n) is 3.49. The van der Waals surface area contributed by atoms with Crippen molar-refractivity contribution in [1.82, 2.24) is 4.90 Å². The van der Waals surface area contributed by atoms with Crippen LogP contribution in [-0.4, -0.2) is 65.3 Å². The first-order chi connectivity index (χ1) is 14.1. The number of alkyl halides is 23. The number of hydrogen-bond acceptors (Lipinski definition) is 1. The van der Waals surface area contributed by atoms with E-state index < -0.39 is 65.3 Å². The van der Waals surface area contributed by atoms with Gasteiger partial charge in [-0.25, -0.2) is 4.39 Å². The molecule has 0 aliphatic carbocycles. The summed E-state index contributed by atoms with van der Waals surface area (Å²) in [6.07, 6.45) is -34.2. The fourth-order valence-corrected chi connectivity index (χ4v) is 1.87. The highest BCUT2D eigenvalue weighted by Gasteiger charge is 2.97. The Hall–Kier alpha value is -1.65. The molecule has 0 spiro atoms. The molecule has 0 aliphatic rings. The average molecular weight is 571 g/mol. The lowest BCUT2D eigenvalue weighted by atomic mass is 9.90. The highest BCUT2D eigenvalue weighted by atomic mass is 19.5. The van der Waals surface area contributed by atoms with Crippen LogP contribution in [0.15, 0.2) is 0 Å². The third-order valence-corrected chi connectivity index (χ3v) is 3.49. The molecule has 0 N–H and O–H groups in total. The molecule has 0 aromatic carbocycles. The zero-order valence-corrected chi connectivity index (χ0v) is 14.1. The van der Waals surface area contributed by atoms with E-state index in [0.717, 1.165) is 0 Å². The third kappa shape index (κ3) is 4.15. The molecule has 0 aliphatic heterocycles. The number of hydrogen-bond donors (Lipinski definition) is 0. The molecular formula is C10F23N. The van der Waals surface area contributed by atoms with Gasteiger partial charge in [0.2, 0.25) is 0 Å². The molecule has 0 saturated heterocycles. The molecule has 0 fully saturated rings. The van der Waals surface area contributed by atoms with E-state index in [9.17, 15) is 101 Å². The van der Waals surface area contributed by atoms with Crippen molar-refractivity contribution in [2.45, 2.75) is 60.4 Å². The SMILES string of the molecule is FC(F)(F)C(F)(F)N(C(F)(F)C(F)(F)F)C(F)(C(F)(F)C(F)(F)F)C(F)(F)C(F)(F)C(F)(F)F. The van der Waals surface area contributed by atoms with E-state index in [0.29, 0.717) is 0 Å². The second-order valence-corrected chi connectivity index (χ2v) is 5.75. The van der Waals surface area contributed by atoms with Crippen LogP contribution in [0, 0.1) is 0 Å². The van der Waals surface area contributed by atoms with E-state index in [1.54, 1.807) is 0 Å². The summed E-state index contributed by atoms with van der Waals surface area (Å²) in [5.41, 5.74) is 0. The lowest BCUT2D eigenvalue weighted by Gasteiger charge is -2.51. The van der Waals surface area contributed by atoms with E-state index in [4.69, 9.17) is 0 Å². The van der Waals surface area contributed by atoms with Gasteiger partial charge in [-0.3, -0.25) is 0 Å². The summed E-state index contributed by atoms with van der Waals surface area (Å²) in [5.74, 6) is -37.8. The second-order valence-electron chi connectivity index (χ2n) is 5.75. The Morgan fingerprint density at radius 1 is 0.265 bits per heavy atom. The highest BCUT2D eigenvalue weighted by Crippen LogP contribution is 2.66. The molecule has 1 unspecified atom stereocenters. The lowest BCUT2D eigenvalue weighted by molar-refractivity contribution is -0.529. The standard InChI is InChI=1S/C10F23N/c11-1(12,2(13,14)5(18,19)20)4(17,3(15,16)6(21,22)23)34(9(30,31)7(24,25)26)10(32,33)8(27,28)29. The zero-order chi connectivity index (χ0) is 28.6. The molecule has 206 valence electrons. The minimum Gasteiger partial charge on any atom is -0.211 e. The Bertz CT molecular complexity index is 705. The van der Waals surface area contributed by atoms with E-state index >= 15 is 0 Å². The molecule has 0 bridgehead atoms. The van der Waals surface area contributed by atoms with Crippen molar-refractivity contribution < 1.29 is 101 Å². The van der Waals surface area contributed by atoms with Gasteiger partial charge in [0.1, 0.15) is 0 Å². The Morgan fingerprint density at radius 2 is 0.500 bits per heavy atom. The Morgan fingerprint density at radius 3 is 0.676 bits per heavy atom. The molecule has 0 radical (unpaired) electrons. The van der Waals surface area contributed by atoms with Crippen molar-refractivity contribution in [3.05, 3.63) is 0 Å². The predicted octanol–water partition coefficient (Wildman–Crippen LogP) is 7.29. The fourth-order valence-electron chi connectivity index (χ4n) is 1.87. The Labute approximate surface area is 168 Å². The van der Waals surface area contributed by atoms with Crippen LogP contribution in [0.5, 0.6) is 0 Å². The van der Waals surface area contributed by atoms with Crippen LogP contribution in [0.2, 0.25) is 0 Å². The predicted molar refractivity (Wildman–Crippen MR) is 54.6 cm³/mol. The van der Waals surface area contributed by atoms with Crippen molar-refractivity contribution in [3.8, 4) is 0 Å². The van der Waals surface area contributed by atoms with Gasteiger partial charge < -0.3 is 0 Å². The van der Waals surface area contributed by atoms with Gasteiger partial charge in [0.25, 0.3) is 0 Å². The van der Waals surface area contributed by atoms with Gasteiger partial charge in [0.15, 0.2) is 0 Å². The molecule has 1 atom stereocenters. The van der Waals surface area contributed by atoms with Crippen LogP contribution in [0.25, 0.3) is 0 Å². The van der Waals surface area contributed by atoms with E-state index in [1.807, 2.05) is 0 Å². The molecule has 0 saturated carbocycles. The average Bonchev–Trinajstić information content (AvgIpc) is 2.49. The summed E-state index contributed by atoms with van der Waals surface area (Å²) in [6, 6.07) is -18.1. The molecule has 0 aromatic heterocycles. The van der Waals surface area contributed by atoms with Crippen LogP contribution < -0.4 is 0 Å². The maximum absolute atomic E-state index is 14.4. The van der Waals surface area contributed by atoms with Crippen molar-refractivity contribution in [2.75, 3.05) is 0 Å². The quantitative estimate of drug-likeness (QED) is 0.239. The Kier molecular flexibility index (Phi) is 7.30. The van der Waals surface area contributed by atoms with E-state index in [-0.39, 0.29) is 0 Å². The summed E-state index contributed by atoms with van der Waals surface area (Å²) in [6.45, 7) is 0. The van der Waals surface area contributed by atoms with Crippen LogP contribution in [0.1, 0.15) is 0 Å². The molecule has 0 rings (SSSR count). The van der Waals surface area contributed by atoms with E-state index in [2.05, 4.69) is 0 Å². The van der Waals surface area contributed by atoms with Gasteiger partial charge in [-0.15, -0.1) is 4.90 Å². The normalized spacial score (nSPS) is 18.4. The van der Waals surface area contributed by atoms with Crippen LogP contribution >= 0.6 is 0 Å². The minimum atomic E-state index is -9.85. The highest BCUT2D eigenvalue weighted by molar-refractivity contribution is 5.16. The van der Waals surface area contributed by atoms with Crippen LogP contribution in [0.3, 0.4) is 0 Å². The first-order valence-corrected chi connectivity index (χ1v) is 6.77. The smallest absolute Gasteiger partial charge is 0.211 e. The van der Waals surface area contributed by atoms with Crippen LogP contribution in [0.4, 0.5) is 101 Å². The zero-order valence-electron chi connectivity index (χ0n) is 14.1. The number of nitrogens with zero attached hydrogens (tertiary/aromatic N) is 1. The molecule has 24 heteroatoms. The summed E-state index contributed by atoms with van der Waals surface area (Å²) < 4.78 is 294. The second kappa shape index (κ2) is 7.67. The van der Waals surface area contributed by atoms with Gasteiger partial charge in [-0.1, -0.05) is 0 Å². The van der Waals surface area contributed by atoms with Gasteiger partial charge in [0.05, 0.1) is 0 Å². The number of rotatable bonds is 6. The lowest BCUT2D eigenvalue weighted by Crippen LogP contribution is -2.84. The monoisotopic (exact) mass is 571 g/mol. The first-order valence-electron chi connectivity index (χ1n) is 6.77. The minimum absolute atomic E-state index is 5.76. The first kappa shape index (κ1) is 32.4. The molecule has 0 aromatic rings. The van der Waals surface area contributed by atoms with Crippen molar-refractivity contribution in [2.24, 2.45) is 0 Å². The molecule has 1 nitrogen and oxygen atoms in total. The van der Waals surface area contributed by atoms with Gasteiger partial charge in [-0.2, -0.15) is 96.6 Å². The van der Waals surface area contributed by atoms with E-state index in [1.165, 1.54) is 0 Å². The van der Waals surface area contributed by atoms with Gasteiger partial charge >= 0.3 is 60.4 Å². The van der Waals surface area contributed by atoms with Crippen molar-refractivity contribution in [1.29, 1.82) is 0 Å². The maximum Gasteiger partial charge on any atom is 0.469 e. The summed E-state index contributed by atoms with van der Waals surface area (Å²) in [7, 11) is 0. The summed E-state index contributed by atoms with van der Waals surface area (Å²) >= 11 is 0. The number of halogens is 23. The maximum atomic E-state index is 14.4. The molecular weight excluding hydrogens is 571 g/mol. The topological polar surface area (TPSA) is 3.24 Å². The fraction of sp³-hybridized carbons (Fsp3) is 1.00. The molecule has 0 heterocycles. The largest absolute Gasteiger partial charge is 0.469 e. The molecule has 0 amide bonds.